The lowest BCUT2D eigenvalue weighted by molar-refractivity contribution is 0.101. The van der Waals surface area contributed by atoms with Gasteiger partial charge in [-0.3, -0.25) is 9.89 Å². The number of anilines is 1. The fourth-order valence-electron chi connectivity index (χ4n) is 2.88. The van der Waals surface area contributed by atoms with Gasteiger partial charge in [0.2, 0.25) is 11.7 Å². The van der Waals surface area contributed by atoms with E-state index in [2.05, 4.69) is 30.5 Å². The molecule has 4 aromatic rings. The molecule has 0 unspecified atom stereocenters. The summed E-state index contributed by atoms with van der Waals surface area (Å²) >= 11 is 0. The molecule has 29 heavy (non-hydrogen) atoms. The first-order chi connectivity index (χ1) is 14.2. The summed E-state index contributed by atoms with van der Waals surface area (Å²) in [5.41, 5.74) is 2.70. The molecule has 8 nitrogen and oxygen atoms in total. The van der Waals surface area contributed by atoms with Crippen LogP contribution in [-0.4, -0.2) is 38.2 Å². The molecule has 3 aromatic heterocycles. The van der Waals surface area contributed by atoms with E-state index in [1.165, 1.54) is 0 Å². The van der Waals surface area contributed by atoms with Crippen molar-refractivity contribution in [3.8, 4) is 17.0 Å². The lowest BCUT2D eigenvalue weighted by Crippen LogP contribution is -2.14. The molecule has 3 heterocycles. The first-order valence-electron chi connectivity index (χ1n) is 8.95. The highest BCUT2D eigenvalue weighted by atomic mass is 16.5. The van der Waals surface area contributed by atoms with Gasteiger partial charge in [0.05, 0.1) is 7.11 Å². The van der Waals surface area contributed by atoms with Crippen molar-refractivity contribution >= 4 is 11.7 Å². The summed E-state index contributed by atoms with van der Waals surface area (Å²) < 4.78 is 5.30. The first kappa shape index (κ1) is 18.3. The number of methoxy groups -OCH3 is 1. The second-order valence-electron chi connectivity index (χ2n) is 6.21. The Labute approximate surface area is 167 Å². The fourth-order valence-corrected chi connectivity index (χ4v) is 2.88. The number of benzene rings is 1. The van der Waals surface area contributed by atoms with E-state index >= 15 is 0 Å². The van der Waals surface area contributed by atoms with Gasteiger partial charge in [0.15, 0.2) is 0 Å². The molecule has 0 saturated carbocycles. The molecule has 0 radical (unpaired) electrons. The van der Waals surface area contributed by atoms with Crippen molar-refractivity contribution in [2.75, 3.05) is 12.4 Å². The third kappa shape index (κ3) is 4.27. The molecule has 1 aromatic carbocycles. The molecule has 0 aliphatic carbocycles. The van der Waals surface area contributed by atoms with Crippen LogP contribution in [0.1, 0.15) is 22.0 Å². The average molecular weight is 386 g/mol. The Morgan fingerprint density at radius 2 is 1.93 bits per heavy atom. The number of amides is 1. The van der Waals surface area contributed by atoms with Crippen LogP contribution in [0.25, 0.3) is 11.1 Å². The SMILES string of the molecule is COc1ncccc1-c1ccnc(NC(=O)c2n[nH]c(Cc3ccccc3)n2)c1. The highest BCUT2D eigenvalue weighted by Crippen LogP contribution is 2.28. The summed E-state index contributed by atoms with van der Waals surface area (Å²) in [5.74, 6) is 1.11. The van der Waals surface area contributed by atoms with Gasteiger partial charge in [-0.1, -0.05) is 30.3 Å². The van der Waals surface area contributed by atoms with Crippen LogP contribution >= 0.6 is 0 Å². The van der Waals surface area contributed by atoms with Crippen molar-refractivity contribution < 1.29 is 9.53 Å². The molecule has 1 amide bonds. The Balaban J connectivity index is 1.49. The zero-order chi connectivity index (χ0) is 20.1. The van der Waals surface area contributed by atoms with Crippen LogP contribution in [0.4, 0.5) is 5.82 Å². The number of hydrogen-bond acceptors (Lipinski definition) is 6. The molecule has 0 aliphatic rings. The molecule has 144 valence electrons. The Morgan fingerprint density at radius 3 is 2.76 bits per heavy atom. The molecule has 0 fully saturated rings. The number of carbonyl (C=O) groups is 1. The minimum absolute atomic E-state index is 0.0575. The third-order valence-corrected chi connectivity index (χ3v) is 4.23. The zero-order valence-corrected chi connectivity index (χ0v) is 15.7. The monoisotopic (exact) mass is 386 g/mol. The summed E-state index contributed by atoms with van der Waals surface area (Å²) in [5, 5.41) is 9.54. The average Bonchev–Trinajstić information content (AvgIpc) is 3.23. The Kier molecular flexibility index (Phi) is 5.24. The molecule has 2 N–H and O–H groups in total. The van der Waals surface area contributed by atoms with Crippen LogP contribution in [0, 0.1) is 0 Å². The number of aromatic nitrogens is 5. The number of rotatable bonds is 6. The summed E-state index contributed by atoms with van der Waals surface area (Å²) in [4.78, 5) is 25.2. The largest absolute Gasteiger partial charge is 0.481 e. The summed E-state index contributed by atoms with van der Waals surface area (Å²) in [7, 11) is 1.56. The molecule has 0 aliphatic heterocycles. The van der Waals surface area contributed by atoms with Crippen LogP contribution in [0.15, 0.2) is 67.0 Å². The maximum Gasteiger partial charge on any atom is 0.296 e. The minimum atomic E-state index is -0.441. The van der Waals surface area contributed by atoms with Gasteiger partial charge in [0.1, 0.15) is 11.6 Å². The van der Waals surface area contributed by atoms with Crippen LogP contribution < -0.4 is 10.1 Å². The number of carbonyl (C=O) groups excluding carboxylic acids is 1. The quantitative estimate of drug-likeness (QED) is 0.527. The maximum atomic E-state index is 12.5. The molecule has 0 spiro atoms. The van der Waals surface area contributed by atoms with Crippen LogP contribution in [0.5, 0.6) is 5.88 Å². The molecule has 8 heteroatoms. The summed E-state index contributed by atoms with van der Waals surface area (Å²) in [6, 6.07) is 17.1. The van der Waals surface area contributed by atoms with Crippen molar-refractivity contribution in [1.82, 2.24) is 25.1 Å². The van der Waals surface area contributed by atoms with E-state index in [-0.39, 0.29) is 5.82 Å². The van der Waals surface area contributed by atoms with Gasteiger partial charge >= 0.3 is 0 Å². The van der Waals surface area contributed by atoms with Gasteiger partial charge in [-0.15, -0.1) is 5.10 Å². The number of hydrogen-bond donors (Lipinski definition) is 2. The summed E-state index contributed by atoms with van der Waals surface area (Å²) in [6.07, 6.45) is 3.83. The smallest absolute Gasteiger partial charge is 0.296 e. The summed E-state index contributed by atoms with van der Waals surface area (Å²) in [6.45, 7) is 0. The van der Waals surface area contributed by atoms with E-state index in [9.17, 15) is 4.79 Å². The zero-order valence-electron chi connectivity index (χ0n) is 15.7. The predicted octanol–water partition coefficient (Wildman–Crippen LogP) is 3.11. The fraction of sp³-hybridized carbons (Fsp3) is 0.0952. The predicted molar refractivity (Wildman–Crippen MR) is 108 cm³/mol. The van der Waals surface area contributed by atoms with E-state index in [0.29, 0.717) is 23.9 Å². The van der Waals surface area contributed by atoms with E-state index in [0.717, 1.165) is 16.7 Å². The molecule has 0 atom stereocenters. The lowest BCUT2D eigenvalue weighted by Gasteiger charge is -2.08. The number of aromatic amines is 1. The maximum absolute atomic E-state index is 12.5. The topological polar surface area (TPSA) is 106 Å². The Morgan fingerprint density at radius 1 is 1.07 bits per heavy atom. The minimum Gasteiger partial charge on any atom is -0.481 e. The number of ether oxygens (including phenoxy) is 1. The van der Waals surface area contributed by atoms with E-state index in [4.69, 9.17) is 4.74 Å². The van der Waals surface area contributed by atoms with Crippen molar-refractivity contribution in [2.24, 2.45) is 0 Å². The molecule has 4 rings (SSSR count). The number of pyridine rings is 2. The molecular weight excluding hydrogens is 368 g/mol. The van der Waals surface area contributed by atoms with Gasteiger partial charge < -0.3 is 10.1 Å². The van der Waals surface area contributed by atoms with Crippen LogP contribution in [-0.2, 0) is 6.42 Å². The molecular formula is C21H18N6O2. The van der Waals surface area contributed by atoms with Gasteiger partial charge in [-0.25, -0.2) is 15.0 Å². The standard InChI is InChI=1S/C21H18N6O2/c1-29-21-16(8-5-10-23-21)15-9-11-22-17(13-15)25-20(28)19-24-18(26-27-19)12-14-6-3-2-4-7-14/h2-11,13H,12H2,1H3,(H,22,25,28)(H,24,26,27). The van der Waals surface area contributed by atoms with Crippen LogP contribution in [0.2, 0.25) is 0 Å². The van der Waals surface area contributed by atoms with E-state index in [1.54, 1.807) is 25.6 Å². The lowest BCUT2D eigenvalue weighted by atomic mass is 10.1. The van der Waals surface area contributed by atoms with Gasteiger partial charge in [0, 0.05) is 24.4 Å². The van der Waals surface area contributed by atoms with Crippen molar-refractivity contribution in [2.45, 2.75) is 6.42 Å². The second kappa shape index (κ2) is 8.30. The van der Waals surface area contributed by atoms with Gasteiger partial charge in [-0.2, -0.15) is 0 Å². The van der Waals surface area contributed by atoms with Gasteiger partial charge in [0.25, 0.3) is 5.91 Å². The second-order valence-corrected chi connectivity index (χ2v) is 6.21. The normalized spacial score (nSPS) is 10.5. The van der Waals surface area contributed by atoms with E-state index < -0.39 is 5.91 Å². The Bertz CT molecular complexity index is 1130. The number of nitrogens with one attached hydrogen (secondary N) is 2. The highest BCUT2D eigenvalue weighted by molar-refractivity contribution is 6.01. The van der Waals surface area contributed by atoms with Crippen molar-refractivity contribution in [3.63, 3.8) is 0 Å². The third-order valence-electron chi connectivity index (χ3n) is 4.23. The Hall–Kier alpha value is -4.07. The molecule has 0 saturated heterocycles. The van der Waals surface area contributed by atoms with E-state index in [1.807, 2.05) is 48.5 Å². The van der Waals surface area contributed by atoms with Crippen LogP contribution in [0.3, 0.4) is 0 Å². The first-order valence-corrected chi connectivity index (χ1v) is 8.95. The van der Waals surface area contributed by atoms with Gasteiger partial charge in [-0.05, 0) is 35.4 Å². The number of H-pyrrole nitrogens is 1. The van der Waals surface area contributed by atoms with Crippen molar-refractivity contribution in [1.29, 1.82) is 0 Å². The number of nitrogens with zero attached hydrogens (tertiary/aromatic N) is 4. The highest BCUT2D eigenvalue weighted by Gasteiger charge is 2.15. The molecule has 0 bridgehead atoms. The van der Waals surface area contributed by atoms with Crippen molar-refractivity contribution in [3.05, 3.63) is 84.2 Å².